The highest BCUT2D eigenvalue weighted by molar-refractivity contribution is 7.68. The van der Waals surface area contributed by atoms with E-state index in [0.717, 1.165) is 0 Å². The van der Waals surface area contributed by atoms with Crippen LogP contribution in [-0.2, 0) is 9.09 Å². The van der Waals surface area contributed by atoms with Gasteiger partial charge >= 0.3 is 0 Å². The van der Waals surface area contributed by atoms with Crippen LogP contribution in [0, 0.1) is 0 Å². The second kappa shape index (κ2) is 3.43. The molecule has 1 fully saturated rings. The molecule has 0 radical (unpaired) electrons. The first kappa shape index (κ1) is 11.8. The third-order valence-electron chi connectivity index (χ3n) is 2.87. The predicted octanol–water partition coefficient (Wildman–Crippen LogP) is 2.50. The number of benzene rings is 1. The van der Waals surface area contributed by atoms with Crippen molar-refractivity contribution in [3.8, 4) is 0 Å². The molecule has 0 spiro atoms. The summed E-state index contributed by atoms with van der Waals surface area (Å²) in [5.74, 6) is 0. The van der Waals surface area contributed by atoms with E-state index < -0.39 is 18.3 Å². The Kier molecular flexibility index (Phi) is 2.54. The molecule has 0 bridgehead atoms. The van der Waals surface area contributed by atoms with Gasteiger partial charge in [0.2, 0.25) is 0 Å². The van der Waals surface area contributed by atoms with Crippen molar-refractivity contribution in [3.63, 3.8) is 0 Å². The van der Waals surface area contributed by atoms with E-state index in [1.54, 1.807) is 31.2 Å². The third-order valence-corrected chi connectivity index (χ3v) is 6.02. The van der Waals surface area contributed by atoms with E-state index in [1.807, 2.05) is 19.9 Å². The van der Waals surface area contributed by atoms with Gasteiger partial charge in [-0.2, -0.15) is 0 Å². The molecular weight excluding hydrogens is 223 g/mol. The van der Waals surface area contributed by atoms with Crippen molar-refractivity contribution >= 4 is 12.7 Å². The van der Waals surface area contributed by atoms with Gasteiger partial charge < -0.3 is 9.63 Å². The van der Waals surface area contributed by atoms with Gasteiger partial charge in [-0.3, -0.25) is 4.57 Å². The summed E-state index contributed by atoms with van der Waals surface area (Å²) in [5.41, 5.74) is -0.547. The van der Waals surface area contributed by atoms with Crippen molar-refractivity contribution in [1.29, 1.82) is 0 Å². The summed E-state index contributed by atoms with van der Waals surface area (Å²) in [6.07, 6.45) is 0.381. The van der Waals surface area contributed by atoms with Gasteiger partial charge in [0.25, 0.3) is 7.37 Å². The standard InChI is InChI=1S/C12H17O3P/c1-11(2)9-12(3,13)16(14,15-11)10-7-5-4-6-8-10/h4-8,13H,9H2,1-3H3/t12-,16+/m1/s1. The molecule has 4 heteroatoms. The average molecular weight is 240 g/mol. The second-order valence-corrected chi connectivity index (χ2v) is 7.90. The van der Waals surface area contributed by atoms with Crippen molar-refractivity contribution in [1.82, 2.24) is 0 Å². The Morgan fingerprint density at radius 3 is 2.25 bits per heavy atom. The largest absolute Gasteiger partial charge is 0.380 e. The van der Waals surface area contributed by atoms with Crippen LogP contribution in [0.15, 0.2) is 30.3 Å². The Balaban J connectivity index is 2.51. The number of aliphatic hydroxyl groups is 1. The van der Waals surface area contributed by atoms with Gasteiger partial charge in [0, 0.05) is 11.7 Å². The molecule has 1 heterocycles. The molecule has 1 N–H and O–H groups in total. The fourth-order valence-corrected chi connectivity index (χ4v) is 5.12. The maximum atomic E-state index is 12.8. The molecule has 2 atom stereocenters. The Morgan fingerprint density at radius 2 is 1.81 bits per heavy atom. The van der Waals surface area contributed by atoms with Crippen LogP contribution in [0.5, 0.6) is 0 Å². The lowest BCUT2D eigenvalue weighted by Gasteiger charge is -2.24. The highest BCUT2D eigenvalue weighted by atomic mass is 31.2. The monoisotopic (exact) mass is 240 g/mol. The molecule has 2 rings (SSSR count). The highest BCUT2D eigenvalue weighted by Gasteiger charge is 2.57. The molecule has 1 aromatic carbocycles. The van der Waals surface area contributed by atoms with Gasteiger partial charge in [0.15, 0.2) is 0 Å². The maximum Gasteiger partial charge on any atom is 0.263 e. The second-order valence-electron chi connectivity index (χ2n) is 5.13. The molecule has 0 unspecified atom stereocenters. The normalized spacial score (nSPS) is 37.5. The van der Waals surface area contributed by atoms with Crippen molar-refractivity contribution < 1.29 is 14.2 Å². The molecule has 1 aliphatic heterocycles. The first-order valence-electron chi connectivity index (χ1n) is 5.36. The van der Waals surface area contributed by atoms with E-state index in [9.17, 15) is 9.67 Å². The van der Waals surface area contributed by atoms with Crippen LogP contribution in [-0.4, -0.2) is 16.0 Å². The van der Waals surface area contributed by atoms with Crippen LogP contribution in [0.2, 0.25) is 0 Å². The topological polar surface area (TPSA) is 46.5 Å². The van der Waals surface area contributed by atoms with E-state index >= 15 is 0 Å². The summed E-state index contributed by atoms with van der Waals surface area (Å²) in [4.78, 5) is 0. The summed E-state index contributed by atoms with van der Waals surface area (Å²) in [6, 6.07) is 8.96. The summed E-state index contributed by atoms with van der Waals surface area (Å²) in [5, 5.41) is 9.62. The summed E-state index contributed by atoms with van der Waals surface area (Å²) in [7, 11) is -3.19. The van der Waals surface area contributed by atoms with Gasteiger partial charge in [-0.1, -0.05) is 18.2 Å². The van der Waals surface area contributed by atoms with E-state index in [0.29, 0.717) is 11.7 Å². The Hall–Kier alpha value is -0.630. The average Bonchev–Trinajstić information content (AvgIpc) is 2.33. The van der Waals surface area contributed by atoms with Gasteiger partial charge in [-0.15, -0.1) is 0 Å². The van der Waals surface area contributed by atoms with Crippen LogP contribution in [0.3, 0.4) is 0 Å². The first-order chi connectivity index (χ1) is 7.27. The zero-order chi connectivity index (χ0) is 12.0. The van der Waals surface area contributed by atoms with E-state index in [-0.39, 0.29) is 0 Å². The van der Waals surface area contributed by atoms with Crippen LogP contribution in [0.4, 0.5) is 0 Å². The molecule has 1 aliphatic rings. The number of hydrogen-bond donors (Lipinski definition) is 1. The molecule has 0 saturated carbocycles. The van der Waals surface area contributed by atoms with Crippen LogP contribution in [0.25, 0.3) is 0 Å². The smallest absolute Gasteiger partial charge is 0.263 e. The lowest BCUT2D eigenvalue weighted by atomic mass is 10.0. The summed E-state index contributed by atoms with van der Waals surface area (Å²) in [6.45, 7) is 5.30. The Morgan fingerprint density at radius 1 is 1.25 bits per heavy atom. The molecule has 3 nitrogen and oxygen atoms in total. The van der Waals surface area contributed by atoms with E-state index in [4.69, 9.17) is 4.52 Å². The number of rotatable bonds is 1. The van der Waals surface area contributed by atoms with Gasteiger partial charge in [0.1, 0.15) is 5.34 Å². The van der Waals surface area contributed by atoms with Crippen molar-refractivity contribution in [2.24, 2.45) is 0 Å². The quantitative estimate of drug-likeness (QED) is 0.767. The zero-order valence-corrected chi connectivity index (χ0v) is 10.7. The van der Waals surface area contributed by atoms with Gasteiger partial charge in [0.05, 0.1) is 5.60 Å². The van der Waals surface area contributed by atoms with Gasteiger partial charge in [-0.25, -0.2) is 0 Å². The lowest BCUT2D eigenvalue weighted by Crippen LogP contribution is -2.26. The van der Waals surface area contributed by atoms with E-state index in [2.05, 4.69) is 0 Å². The highest BCUT2D eigenvalue weighted by Crippen LogP contribution is 2.67. The van der Waals surface area contributed by atoms with Crippen molar-refractivity contribution in [3.05, 3.63) is 30.3 Å². The fourth-order valence-electron chi connectivity index (χ4n) is 2.34. The maximum absolute atomic E-state index is 12.8. The minimum atomic E-state index is -3.19. The minimum absolute atomic E-state index is 0.381. The minimum Gasteiger partial charge on any atom is -0.380 e. The molecule has 16 heavy (non-hydrogen) atoms. The van der Waals surface area contributed by atoms with Crippen molar-refractivity contribution in [2.45, 2.75) is 38.1 Å². The molecule has 0 amide bonds. The number of hydrogen-bond acceptors (Lipinski definition) is 3. The zero-order valence-electron chi connectivity index (χ0n) is 9.80. The van der Waals surface area contributed by atoms with Crippen LogP contribution >= 0.6 is 7.37 Å². The van der Waals surface area contributed by atoms with Crippen LogP contribution in [0.1, 0.15) is 27.2 Å². The molecule has 0 aromatic heterocycles. The molecule has 0 aliphatic carbocycles. The Bertz CT molecular complexity index is 437. The Labute approximate surface area is 95.9 Å². The predicted molar refractivity (Wildman–Crippen MR) is 64.1 cm³/mol. The third kappa shape index (κ3) is 1.73. The fraction of sp³-hybridized carbons (Fsp3) is 0.500. The lowest BCUT2D eigenvalue weighted by molar-refractivity contribution is 0.0933. The van der Waals surface area contributed by atoms with Crippen molar-refractivity contribution in [2.75, 3.05) is 0 Å². The molecular formula is C12H17O3P. The SMILES string of the molecule is CC1(C)C[C@](C)(O)[P@](=O)(c2ccccc2)O1. The van der Waals surface area contributed by atoms with Gasteiger partial charge in [-0.05, 0) is 32.9 Å². The summed E-state index contributed by atoms with van der Waals surface area (Å²) < 4.78 is 18.5. The molecule has 1 aromatic rings. The van der Waals surface area contributed by atoms with Crippen LogP contribution < -0.4 is 5.30 Å². The molecule has 88 valence electrons. The van der Waals surface area contributed by atoms with E-state index in [1.165, 1.54) is 0 Å². The first-order valence-corrected chi connectivity index (χ1v) is 6.98. The molecule has 1 saturated heterocycles. The summed E-state index contributed by atoms with van der Waals surface area (Å²) >= 11 is 0.